The summed E-state index contributed by atoms with van der Waals surface area (Å²) in [5, 5.41) is 0. The second-order valence-electron chi connectivity index (χ2n) is 1.78. The summed E-state index contributed by atoms with van der Waals surface area (Å²) in [4.78, 5) is 0. The predicted octanol–water partition coefficient (Wildman–Crippen LogP) is 3.08. The average molecular weight is 122 g/mol. The van der Waals surface area contributed by atoms with Crippen LogP contribution in [0.2, 0.25) is 0 Å². The standard InChI is InChI=1S/C9H14/c1-3-5-7-9-8-6-4-2/h3,5-8H,1,4,9H2,2H3/b7-5+,8-6+. The van der Waals surface area contributed by atoms with E-state index < -0.39 is 0 Å². The summed E-state index contributed by atoms with van der Waals surface area (Å²) in [5.41, 5.74) is 0. The molecule has 0 radical (unpaired) electrons. The van der Waals surface area contributed by atoms with Gasteiger partial charge >= 0.3 is 0 Å². The van der Waals surface area contributed by atoms with Crippen molar-refractivity contribution in [3.8, 4) is 0 Å². The zero-order valence-electron chi connectivity index (χ0n) is 6.01. The van der Waals surface area contributed by atoms with Crippen molar-refractivity contribution in [2.45, 2.75) is 19.8 Å². The van der Waals surface area contributed by atoms with Gasteiger partial charge in [-0.1, -0.05) is 43.9 Å². The maximum Gasteiger partial charge on any atom is -0.0166 e. The normalized spacial score (nSPS) is 11.2. The molecule has 0 aromatic carbocycles. The summed E-state index contributed by atoms with van der Waals surface area (Å²) >= 11 is 0. The fraction of sp³-hybridized carbons (Fsp3) is 0.333. The predicted molar refractivity (Wildman–Crippen MR) is 43.4 cm³/mol. The number of allylic oxidation sites excluding steroid dienone is 5. The van der Waals surface area contributed by atoms with E-state index >= 15 is 0 Å². The Balaban J connectivity index is 3.17. The van der Waals surface area contributed by atoms with E-state index in [2.05, 4.69) is 31.7 Å². The molecule has 50 valence electrons. The molecule has 0 fully saturated rings. The van der Waals surface area contributed by atoms with Gasteiger partial charge in [-0.15, -0.1) is 0 Å². The van der Waals surface area contributed by atoms with Crippen molar-refractivity contribution in [1.29, 1.82) is 0 Å². The number of rotatable bonds is 4. The summed E-state index contributed by atoms with van der Waals surface area (Å²) in [6, 6.07) is 0. The Labute approximate surface area is 57.6 Å². The van der Waals surface area contributed by atoms with Crippen molar-refractivity contribution >= 4 is 0 Å². The highest BCUT2D eigenvalue weighted by Crippen LogP contribution is 1.87. The van der Waals surface area contributed by atoms with Gasteiger partial charge in [0.05, 0.1) is 0 Å². The average Bonchev–Trinajstić information content (AvgIpc) is 1.89. The van der Waals surface area contributed by atoms with Crippen LogP contribution in [0.4, 0.5) is 0 Å². The van der Waals surface area contributed by atoms with Crippen LogP contribution in [0.5, 0.6) is 0 Å². The summed E-state index contributed by atoms with van der Waals surface area (Å²) in [7, 11) is 0. The lowest BCUT2D eigenvalue weighted by Gasteiger charge is -1.78. The van der Waals surface area contributed by atoms with Gasteiger partial charge in [-0.05, 0) is 12.8 Å². The Morgan fingerprint density at radius 1 is 1.22 bits per heavy atom. The molecule has 0 aromatic heterocycles. The highest BCUT2D eigenvalue weighted by molar-refractivity contribution is 5.00. The molecule has 0 unspecified atom stereocenters. The molecule has 0 rings (SSSR count). The molecule has 0 saturated carbocycles. The summed E-state index contributed by atoms with van der Waals surface area (Å²) < 4.78 is 0. The van der Waals surface area contributed by atoms with Gasteiger partial charge in [-0.2, -0.15) is 0 Å². The van der Waals surface area contributed by atoms with Crippen LogP contribution in [-0.4, -0.2) is 0 Å². The molecule has 0 N–H and O–H groups in total. The van der Waals surface area contributed by atoms with Gasteiger partial charge < -0.3 is 0 Å². The van der Waals surface area contributed by atoms with E-state index in [-0.39, 0.29) is 0 Å². The highest BCUT2D eigenvalue weighted by Gasteiger charge is 1.66. The Kier molecular flexibility index (Phi) is 6.59. The Morgan fingerprint density at radius 3 is 2.56 bits per heavy atom. The van der Waals surface area contributed by atoms with Crippen molar-refractivity contribution in [1.82, 2.24) is 0 Å². The van der Waals surface area contributed by atoms with Crippen LogP contribution in [0.25, 0.3) is 0 Å². The molecule has 0 aliphatic heterocycles. The largest absolute Gasteiger partial charge is 0.0991 e. The SMILES string of the molecule is C=C/C=C/C/C=C/CC. The maximum atomic E-state index is 3.57. The first kappa shape index (κ1) is 8.22. The summed E-state index contributed by atoms with van der Waals surface area (Å²) in [6.45, 7) is 5.70. The van der Waals surface area contributed by atoms with Crippen LogP contribution in [0.3, 0.4) is 0 Å². The minimum absolute atomic E-state index is 1.03. The van der Waals surface area contributed by atoms with Crippen LogP contribution >= 0.6 is 0 Å². The molecule has 0 aromatic rings. The fourth-order valence-electron chi connectivity index (χ4n) is 0.516. The maximum absolute atomic E-state index is 3.57. The van der Waals surface area contributed by atoms with Gasteiger partial charge in [0.2, 0.25) is 0 Å². The first-order chi connectivity index (χ1) is 4.41. The summed E-state index contributed by atoms with van der Waals surface area (Å²) in [5.74, 6) is 0. The molecule has 0 amide bonds. The second-order valence-corrected chi connectivity index (χ2v) is 1.78. The number of hydrogen-bond acceptors (Lipinski definition) is 0. The zero-order valence-corrected chi connectivity index (χ0v) is 6.01. The molecule has 0 aliphatic rings. The van der Waals surface area contributed by atoms with Crippen molar-refractivity contribution in [2.24, 2.45) is 0 Å². The molecule has 0 heterocycles. The lowest BCUT2D eigenvalue weighted by molar-refractivity contribution is 1.20. The monoisotopic (exact) mass is 122 g/mol. The van der Waals surface area contributed by atoms with Gasteiger partial charge in [0.15, 0.2) is 0 Å². The van der Waals surface area contributed by atoms with E-state index in [9.17, 15) is 0 Å². The quantitative estimate of drug-likeness (QED) is 0.397. The van der Waals surface area contributed by atoms with E-state index in [1.807, 2.05) is 6.08 Å². The topological polar surface area (TPSA) is 0 Å². The summed E-state index contributed by atoms with van der Waals surface area (Å²) in [6.07, 6.45) is 12.3. The third-order valence-corrected chi connectivity index (χ3v) is 0.947. The molecule has 0 nitrogen and oxygen atoms in total. The van der Waals surface area contributed by atoms with E-state index in [4.69, 9.17) is 0 Å². The minimum Gasteiger partial charge on any atom is -0.0991 e. The minimum atomic E-state index is 1.03. The molecule has 0 atom stereocenters. The molecule has 0 aliphatic carbocycles. The highest BCUT2D eigenvalue weighted by atomic mass is 13.7. The molecule has 9 heavy (non-hydrogen) atoms. The van der Waals surface area contributed by atoms with Gasteiger partial charge in [-0.25, -0.2) is 0 Å². The van der Waals surface area contributed by atoms with Crippen molar-refractivity contribution < 1.29 is 0 Å². The zero-order chi connectivity index (χ0) is 6.95. The smallest absolute Gasteiger partial charge is 0.0166 e. The third-order valence-electron chi connectivity index (χ3n) is 0.947. The van der Waals surface area contributed by atoms with Crippen molar-refractivity contribution in [3.05, 3.63) is 37.0 Å². The molecule has 0 spiro atoms. The van der Waals surface area contributed by atoms with E-state index in [1.165, 1.54) is 0 Å². The molecule has 0 heteroatoms. The Bertz CT molecular complexity index is 107. The van der Waals surface area contributed by atoms with Crippen LogP contribution < -0.4 is 0 Å². The Morgan fingerprint density at radius 2 is 2.00 bits per heavy atom. The van der Waals surface area contributed by atoms with Gasteiger partial charge in [0.1, 0.15) is 0 Å². The van der Waals surface area contributed by atoms with E-state index in [0.29, 0.717) is 0 Å². The van der Waals surface area contributed by atoms with Crippen molar-refractivity contribution in [3.63, 3.8) is 0 Å². The molecular formula is C9H14. The Hall–Kier alpha value is -0.780. The molecular weight excluding hydrogens is 108 g/mol. The van der Waals surface area contributed by atoms with Crippen molar-refractivity contribution in [2.75, 3.05) is 0 Å². The second kappa shape index (κ2) is 7.22. The van der Waals surface area contributed by atoms with Gasteiger partial charge in [-0.3, -0.25) is 0 Å². The van der Waals surface area contributed by atoms with Crippen LogP contribution in [-0.2, 0) is 0 Å². The number of hydrogen-bond donors (Lipinski definition) is 0. The van der Waals surface area contributed by atoms with Crippen LogP contribution in [0, 0.1) is 0 Å². The van der Waals surface area contributed by atoms with E-state index in [0.717, 1.165) is 12.8 Å². The molecule has 0 bridgehead atoms. The first-order valence-electron chi connectivity index (χ1n) is 3.34. The lowest BCUT2D eigenvalue weighted by atomic mass is 10.3. The molecule has 0 saturated heterocycles. The fourth-order valence-corrected chi connectivity index (χ4v) is 0.516. The van der Waals surface area contributed by atoms with Crippen LogP contribution in [0.1, 0.15) is 19.8 Å². The van der Waals surface area contributed by atoms with E-state index in [1.54, 1.807) is 6.08 Å². The third kappa shape index (κ3) is 7.22. The lowest BCUT2D eigenvalue weighted by Crippen LogP contribution is -1.56. The van der Waals surface area contributed by atoms with Gasteiger partial charge in [0.25, 0.3) is 0 Å². The first-order valence-corrected chi connectivity index (χ1v) is 3.34. The van der Waals surface area contributed by atoms with Gasteiger partial charge in [0, 0.05) is 0 Å². The van der Waals surface area contributed by atoms with Crippen LogP contribution in [0.15, 0.2) is 37.0 Å².